The Labute approximate surface area is 306 Å². The van der Waals surface area contributed by atoms with Gasteiger partial charge in [0, 0.05) is 36.6 Å². The first-order chi connectivity index (χ1) is 24.7. The smallest absolute Gasteiger partial charge is 0.306 e. The van der Waals surface area contributed by atoms with Crippen molar-refractivity contribution < 1.29 is 33.8 Å². The molecule has 6 rings (SSSR count). The third-order valence-corrected chi connectivity index (χ3v) is 11.1. The lowest BCUT2D eigenvalue weighted by molar-refractivity contribution is -0.145. The number of unbranched alkanes of at least 4 members (excludes halogenated alkanes) is 1. The number of rotatable bonds is 16. The number of alkyl halides is 1. The number of benzene rings is 3. The number of hydrogen-bond donors (Lipinski definition) is 2. The molecule has 7 atom stereocenters. The molecule has 268 valence electrons. The lowest BCUT2D eigenvalue weighted by Crippen LogP contribution is -2.57. The van der Waals surface area contributed by atoms with Crippen LogP contribution in [0, 0.1) is 11.8 Å². The lowest BCUT2D eigenvalue weighted by atomic mass is 9.70. The van der Waals surface area contributed by atoms with Gasteiger partial charge in [-0.25, -0.2) is 0 Å². The summed E-state index contributed by atoms with van der Waals surface area (Å²) < 4.78 is 12.3. The number of allylic oxidation sites excluding steroid dienone is 1. The van der Waals surface area contributed by atoms with Crippen LogP contribution < -0.4 is 10.2 Å². The summed E-state index contributed by atoms with van der Waals surface area (Å²) >= 11 is 3.75. The van der Waals surface area contributed by atoms with Gasteiger partial charge in [-0.05, 0) is 54.2 Å². The molecule has 0 saturated carbocycles. The standard InChI is InChI=1S/C40H44BrN3O7/c1-3-5-17-32(46)50-25-31(27-14-7-6-8-15-27)42-37(47)33-34-38(48)44(21-11-12-22-45)36(40(34)24-30(41)35(33)51-40)39(49)43(20-4-2)29-19-18-26-13-9-10-16-28(26)23-29/h3-4,6-10,13-16,18-19,23,30-31,33-36,45H,1-2,5,11-12,17,20-22,24-25H2,(H,42,47)/t30?,31-,33-,34+,35-,36-,40+/m1/s1. The van der Waals surface area contributed by atoms with E-state index in [1.165, 1.54) is 0 Å². The molecule has 3 heterocycles. The van der Waals surface area contributed by atoms with E-state index in [4.69, 9.17) is 9.47 Å². The van der Waals surface area contributed by atoms with Crippen molar-refractivity contribution >= 4 is 56.1 Å². The monoisotopic (exact) mass is 757 g/mol. The summed E-state index contributed by atoms with van der Waals surface area (Å²) in [6, 6.07) is 21.2. The molecule has 2 N–H and O–H groups in total. The number of aliphatic hydroxyl groups excluding tert-OH is 1. The molecule has 51 heavy (non-hydrogen) atoms. The first-order valence-electron chi connectivity index (χ1n) is 17.5. The Balaban J connectivity index is 1.33. The molecular formula is C40H44BrN3O7. The van der Waals surface area contributed by atoms with E-state index in [2.05, 4.69) is 34.4 Å². The van der Waals surface area contributed by atoms with Crippen LogP contribution in [0.15, 0.2) is 98.1 Å². The summed E-state index contributed by atoms with van der Waals surface area (Å²) in [5, 5.41) is 14.6. The van der Waals surface area contributed by atoms with Crippen LogP contribution in [-0.2, 0) is 28.7 Å². The molecule has 3 aromatic rings. The molecule has 3 aliphatic heterocycles. The van der Waals surface area contributed by atoms with Crippen LogP contribution in [-0.4, -0.2) is 82.6 Å². The fourth-order valence-electron chi connectivity index (χ4n) is 7.93. The second-order valence-corrected chi connectivity index (χ2v) is 14.6. The van der Waals surface area contributed by atoms with E-state index in [1.807, 2.05) is 72.8 Å². The van der Waals surface area contributed by atoms with Crippen LogP contribution in [0.4, 0.5) is 5.69 Å². The maximum Gasteiger partial charge on any atom is 0.306 e. The average Bonchev–Trinajstić information content (AvgIpc) is 3.74. The van der Waals surface area contributed by atoms with Gasteiger partial charge in [0.25, 0.3) is 5.91 Å². The fraction of sp³-hybridized carbons (Fsp3) is 0.400. The van der Waals surface area contributed by atoms with Crippen LogP contribution in [0.2, 0.25) is 0 Å². The Bertz CT molecular complexity index is 1790. The van der Waals surface area contributed by atoms with E-state index >= 15 is 0 Å². The van der Waals surface area contributed by atoms with Gasteiger partial charge in [0.05, 0.1) is 24.0 Å². The second-order valence-electron chi connectivity index (χ2n) is 13.4. The lowest BCUT2D eigenvalue weighted by Gasteiger charge is -2.37. The molecule has 11 heteroatoms. The van der Waals surface area contributed by atoms with Crippen molar-refractivity contribution in [2.45, 2.75) is 60.7 Å². The van der Waals surface area contributed by atoms with Gasteiger partial charge in [0.1, 0.15) is 18.2 Å². The molecule has 0 radical (unpaired) electrons. The average molecular weight is 759 g/mol. The van der Waals surface area contributed by atoms with Gasteiger partial charge in [-0.2, -0.15) is 0 Å². The third kappa shape index (κ3) is 7.11. The number of nitrogens with zero attached hydrogens (tertiary/aromatic N) is 2. The molecule has 3 fully saturated rings. The van der Waals surface area contributed by atoms with Crippen LogP contribution in [0.1, 0.15) is 43.7 Å². The van der Waals surface area contributed by atoms with Crippen molar-refractivity contribution in [3.8, 4) is 0 Å². The highest BCUT2D eigenvalue weighted by atomic mass is 79.9. The molecule has 1 spiro atoms. The number of ether oxygens (including phenoxy) is 2. The summed E-state index contributed by atoms with van der Waals surface area (Å²) in [7, 11) is 0. The molecule has 3 saturated heterocycles. The second kappa shape index (κ2) is 15.9. The number of amides is 3. The van der Waals surface area contributed by atoms with Crippen molar-refractivity contribution in [3.05, 3.63) is 104 Å². The van der Waals surface area contributed by atoms with Gasteiger partial charge >= 0.3 is 5.97 Å². The third-order valence-electron chi connectivity index (χ3n) is 10.2. The number of nitrogens with one attached hydrogen (secondary N) is 1. The van der Waals surface area contributed by atoms with E-state index < -0.39 is 47.5 Å². The number of halogens is 1. The zero-order valence-electron chi connectivity index (χ0n) is 28.5. The van der Waals surface area contributed by atoms with E-state index in [0.717, 1.165) is 16.3 Å². The molecule has 10 nitrogen and oxygen atoms in total. The van der Waals surface area contributed by atoms with Crippen molar-refractivity contribution in [3.63, 3.8) is 0 Å². The Morgan fingerprint density at radius 2 is 1.80 bits per heavy atom. The highest BCUT2D eigenvalue weighted by molar-refractivity contribution is 9.09. The van der Waals surface area contributed by atoms with Crippen molar-refractivity contribution in [1.82, 2.24) is 10.2 Å². The molecule has 0 aromatic heterocycles. The maximum atomic E-state index is 14.9. The Morgan fingerprint density at radius 3 is 2.53 bits per heavy atom. The Morgan fingerprint density at radius 1 is 1.06 bits per heavy atom. The minimum atomic E-state index is -1.27. The largest absolute Gasteiger partial charge is 0.463 e. The van der Waals surface area contributed by atoms with Gasteiger partial charge in [0.2, 0.25) is 11.8 Å². The maximum absolute atomic E-state index is 14.9. The molecular weight excluding hydrogens is 714 g/mol. The number of carbonyl (C=O) groups is 4. The van der Waals surface area contributed by atoms with Gasteiger partial charge in [0.15, 0.2) is 0 Å². The Hall–Kier alpha value is -4.32. The number of esters is 1. The van der Waals surface area contributed by atoms with Crippen molar-refractivity contribution in [2.24, 2.45) is 11.8 Å². The zero-order valence-corrected chi connectivity index (χ0v) is 30.1. The molecule has 2 bridgehead atoms. The van der Waals surface area contributed by atoms with Crippen LogP contribution in [0.3, 0.4) is 0 Å². The quantitative estimate of drug-likeness (QED) is 0.0886. The summed E-state index contributed by atoms with van der Waals surface area (Å²) in [5.74, 6) is -3.30. The molecule has 3 aromatic carbocycles. The molecule has 3 amide bonds. The van der Waals surface area contributed by atoms with Gasteiger partial charge in [-0.3, -0.25) is 19.2 Å². The van der Waals surface area contributed by atoms with E-state index in [9.17, 15) is 24.3 Å². The first-order valence-corrected chi connectivity index (χ1v) is 18.4. The zero-order chi connectivity index (χ0) is 36.1. The van der Waals surface area contributed by atoms with Crippen LogP contribution in [0.25, 0.3) is 10.8 Å². The predicted molar refractivity (Wildman–Crippen MR) is 198 cm³/mol. The highest BCUT2D eigenvalue weighted by Gasteiger charge is 2.76. The Kier molecular flexibility index (Phi) is 11.4. The summed E-state index contributed by atoms with van der Waals surface area (Å²) in [5.41, 5.74) is 0.124. The van der Waals surface area contributed by atoms with Gasteiger partial charge in [-0.15, -0.1) is 13.2 Å². The van der Waals surface area contributed by atoms with E-state index in [1.54, 1.807) is 22.0 Å². The number of aliphatic hydroxyl groups is 1. The molecule has 1 unspecified atom stereocenters. The van der Waals surface area contributed by atoms with E-state index in [-0.39, 0.29) is 49.4 Å². The fourth-order valence-corrected chi connectivity index (χ4v) is 8.87. The molecule has 0 aliphatic carbocycles. The van der Waals surface area contributed by atoms with Gasteiger partial charge in [-0.1, -0.05) is 88.7 Å². The first kappa shape index (κ1) is 36.5. The van der Waals surface area contributed by atoms with Crippen LogP contribution in [0.5, 0.6) is 0 Å². The number of hydrogen-bond acceptors (Lipinski definition) is 7. The highest BCUT2D eigenvalue weighted by Crippen LogP contribution is 2.60. The number of fused-ring (bicyclic) bond motifs is 2. The normalized spacial score (nSPS) is 25.3. The van der Waals surface area contributed by atoms with Crippen molar-refractivity contribution in [2.75, 3.05) is 31.2 Å². The van der Waals surface area contributed by atoms with Crippen molar-refractivity contribution in [1.29, 1.82) is 0 Å². The minimum Gasteiger partial charge on any atom is -0.463 e. The number of likely N-dealkylation sites (tertiary alicyclic amines) is 1. The summed E-state index contributed by atoms with van der Waals surface area (Å²) in [6.07, 6.45) is 4.54. The van der Waals surface area contributed by atoms with E-state index in [0.29, 0.717) is 31.4 Å². The van der Waals surface area contributed by atoms with Gasteiger partial charge < -0.3 is 29.7 Å². The summed E-state index contributed by atoms with van der Waals surface area (Å²) in [6.45, 7) is 7.83. The molecule has 3 aliphatic rings. The topological polar surface area (TPSA) is 125 Å². The SMILES string of the molecule is C=CCCC(=O)OC[C@@H](NC(=O)[C@H]1[C@@H]2O[C@@]3(CC2Br)[C@@H]1C(=O)N(CCCCO)[C@@H]3C(=O)N(CC=C)c1ccc2ccccc2c1)c1ccccc1. The van der Waals surface area contributed by atoms with Crippen LogP contribution >= 0.6 is 15.9 Å². The number of carbonyl (C=O) groups excluding carboxylic acids is 4. The minimum absolute atomic E-state index is 0.0546. The number of anilines is 1. The predicted octanol–water partition coefficient (Wildman–Crippen LogP) is 5.25. The summed E-state index contributed by atoms with van der Waals surface area (Å²) in [4.78, 5) is 59.3.